The van der Waals surface area contributed by atoms with Crippen molar-refractivity contribution >= 4 is 11.4 Å². The molecule has 0 aliphatic carbocycles. The van der Waals surface area contributed by atoms with Gasteiger partial charge in [0.05, 0.1) is 17.4 Å². The van der Waals surface area contributed by atoms with Crippen LogP contribution in [0.15, 0.2) is 35.1 Å². The SMILES string of the molecule is Cc1noc(C(C)C)c1C(=O)NCCCc1ncc2ccccn12. The fraction of sp³-hybridized carbons (Fsp3) is 0.389. The van der Waals surface area contributed by atoms with Crippen LogP contribution in [0.3, 0.4) is 0 Å². The van der Waals surface area contributed by atoms with Crippen LogP contribution in [0.5, 0.6) is 0 Å². The van der Waals surface area contributed by atoms with E-state index >= 15 is 0 Å². The Balaban J connectivity index is 1.57. The second-order valence-electron chi connectivity index (χ2n) is 6.19. The Morgan fingerprint density at radius 2 is 2.21 bits per heavy atom. The lowest BCUT2D eigenvalue weighted by Crippen LogP contribution is -2.26. The second kappa shape index (κ2) is 6.86. The molecule has 0 fully saturated rings. The number of pyridine rings is 1. The average molecular weight is 326 g/mol. The Morgan fingerprint density at radius 1 is 1.38 bits per heavy atom. The number of carbonyl (C=O) groups is 1. The molecule has 0 aromatic carbocycles. The standard InChI is InChI=1S/C18H22N4O2/c1-12(2)17-16(13(3)21-24-17)18(23)19-9-6-8-15-20-11-14-7-4-5-10-22(14)15/h4-5,7,10-12H,6,8-9H2,1-3H3,(H,19,23). The molecule has 0 saturated heterocycles. The van der Waals surface area contributed by atoms with Gasteiger partial charge in [0.25, 0.3) is 5.91 Å². The smallest absolute Gasteiger partial charge is 0.256 e. The predicted molar refractivity (Wildman–Crippen MR) is 91.2 cm³/mol. The van der Waals surface area contributed by atoms with Gasteiger partial charge in [-0.25, -0.2) is 4.98 Å². The topological polar surface area (TPSA) is 72.4 Å². The Bertz CT molecular complexity index is 848. The Kier molecular flexibility index (Phi) is 4.64. The molecular formula is C18H22N4O2. The summed E-state index contributed by atoms with van der Waals surface area (Å²) < 4.78 is 7.34. The third-order valence-electron chi connectivity index (χ3n) is 4.02. The summed E-state index contributed by atoms with van der Waals surface area (Å²) in [5.74, 6) is 1.65. The number of carbonyl (C=O) groups excluding carboxylic acids is 1. The maximum Gasteiger partial charge on any atom is 0.256 e. The molecule has 0 atom stereocenters. The highest BCUT2D eigenvalue weighted by Crippen LogP contribution is 2.22. The average Bonchev–Trinajstić information content (AvgIpc) is 3.15. The van der Waals surface area contributed by atoms with Gasteiger partial charge in [-0.1, -0.05) is 25.1 Å². The Labute approximate surface area is 140 Å². The van der Waals surface area contributed by atoms with E-state index in [1.165, 1.54) is 0 Å². The van der Waals surface area contributed by atoms with Crippen LogP contribution in [0.1, 0.15) is 53.8 Å². The first-order chi connectivity index (χ1) is 11.6. The van der Waals surface area contributed by atoms with E-state index in [9.17, 15) is 4.79 Å². The molecule has 3 aromatic heterocycles. The number of amides is 1. The van der Waals surface area contributed by atoms with Crippen LogP contribution in [0.2, 0.25) is 0 Å². The fourth-order valence-electron chi connectivity index (χ4n) is 2.78. The normalized spacial score (nSPS) is 11.3. The summed E-state index contributed by atoms with van der Waals surface area (Å²) >= 11 is 0. The van der Waals surface area contributed by atoms with Gasteiger partial charge in [-0.15, -0.1) is 0 Å². The highest BCUT2D eigenvalue weighted by molar-refractivity contribution is 5.96. The number of rotatable bonds is 6. The number of hydrogen-bond acceptors (Lipinski definition) is 4. The summed E-state index contributed by atoms with van der Waals surface area (Å²) in [6.07, 6.45) is 5.49. The molecule has 0 bridgehead atoms. The maximum atomic E-state index is 12.4. The molecule has 1 amide bonds. The van der Waals surface area contributed by atoms with E-state index in [4.69, 9.17) is 4.52 Å². The van der Waals surface area contributed by atoms with Crippen LogP contribution in [-0.4, -0.2) is 27.0 Å². The van der Waals surface area contributed by atoms with E-state index in [1.807, 2.05) is 44.4 Å². The van der Waals surface area contributed by atoms with Crippen molar-refractivity contribution in [3.05, 3.63) is 53.4 Å². The summed E-state index contributed by atoms with van der Waals surface area (Å²) in [7, 11) is 0. The Morgan fingerprint density at radius 3 is 3.00 bits per heavy atom. The van der Waals surface area contributed by atoms with Gasteiger partial charge in [0.1, 0.15) is 11.4 Å². The molecule has 0 saturated carbocycles. The van der Waals surface area contributed by atoms with Gasteiger partial charge < -0.3 is 14.2 Å². The number of aryl methyl sites for hydroxylation is 2. The molecule has 3 rings (SSSR count). The van der Waals surface area contributed by atoms with Crippen LogP contribution in [0.25, 0.3) is 5.52 Å². The molecule has 6 nitrogen and oxygen atoms in total. The van der Waals surface area contributed by atoms with Gasteiger partial charge in [-0.05, 0) is 25.5 Å². The number of imidazole rings is 1. The van der Waals surface area contributed by atoms with E-state index in [0.717, 1.165) is 24.2 Å². The van der Waals surface area contributed by atoms with Crippen molar-refractivity contribution in [2.24, 2.45) is 0 Å². The second-order valence-corrected chi connectivity index (χ2v) is 6.19. The van der Waals surface area contributed by atoms with Crippen LogP contribution < -0.4 is 5.32 Å². The van der Waals surface area contributed by atoms with Crippen LogP contribution in [0.4, 0.5) is 0 Å². The van der Waals surface area contributed by atoms with E-state index in [-0.39, 0.29) is 11.8 Å². The molecule has 24 heavy (non-hydrogen) atoms. The van der Waals surface area contributed by atoms with Crippen LogP contribution in [0, 0.1) is 6.92 Å². The number of aromatic nitrogens is 3. The third-order valence-corrected chi connectivity index (χ3v) is 4.02. The molecule has 0 unspecified atom stereocenters. The van der Waals surface area contributed by atoms with Crippen molar-refractivity contribution in [2.45, 2.75) is 39.5 Å². The summed E-state index contributed by atoms with van der Waals surface area (Å²) in [6.45, 7) is 6.35. The largest absolute Gasteiger partial charge is 0.360 e. The van der Waals surface area contributed by atoms with Crippen molar-refractivity contribution in [1.82, 2.24) is 19.9 Å². The summed E-state index contributed by atoms with van der Waals surface area (Å²) in [4.78, 5) is 16.8. The zero-order valence-electron chi connectivity index (χ0n) is 14.2. The lowest BCUT2D eigenvalue weighted by atomic mass is 10.0. The van der Waals surface area contributed by atoms with E-state index < -0.39 is 0 Å². The van der Waals surface area contributed by atoms with E-state index in [0.29, 0.717) is 23.6 Å². The summed E-state index contributed by atoms with van der Waals surface area (Å²) in [5.41, 5.74) is 2.28. The van der Waals surface area contributed by atoms with Gasteiger partial charge in [0.15, 0.2) is 5.76 Å². The molecule has 0 aliphatic heterocycles. The zero-order chi connectivity index (χ0) is 17.1. The molecule has 126 valence electrons. The highest BCUT2D eigenvalue weighted by atomic mass is 16.5. The predicted octanol–water partition coefficient (Wildman–Crippen LogP) is 3.12. The van der Waals surface area contributed by atoms with Gasteiger partial charge in [-0.2, -0.15) is 0 Å². The monoisotopic (exact) mass is 326 g/mol. The molecule has 3 heterocycles. The minimum atomic E-state index is -0.120. The molecule has 0 spiro atoms. The summed E-state index contributed by atoms with van der Waals surface area (Å²) in [5, 5.41) is 6.87. The van der Waals surface area contributed by atoms with Gasteiger partial charge in [-0.3, -0.25) is 4.79 Å². The highest BCUT2D eigenvalue weighted by Gasteiger charge is 2.22. The number of nitrogens with one attached hydrogen (secondary N) is 1. The van der Waals surface area contributed by atoms with Crippen molar-refractivity contribution in [3.8, 4) is 0 Å². The quantitative estimate of drug-likeness (QED) is 0.706. The minimum absolute atomic E-state index is 0.120. The molecule has 3 aromatic rings. The lowest BCUT2D eigenvalue weighted by molar-refractivity contribution is 0.0950. The van der Waals surface area contributed by atoms with Gasteiger partial charge in [0, 0.05) is 25.1 Å². The number of fused-ring (bicyclic) bond motifs is 1. The lowest BCUT2D eigenvalue weighted by Gasteiger charge is -2.07. The van der Waals surface area contributed by atoms with Crippen molar-refractivity contribution in [2.75, 3.05) is 6.54 Å². The van der Waals surface area contributed by atoms with Gasteiger partial charge >= 0.3 is 0 Å². The molecule has 0 aliphatic rings. The third kappa shape index (κ3) is 3.18. The van der Waals surface area contributed by atoms with Crippen LogP contribution >= 0.6 is 0 Å². The fourth-order valence-corrected chi connectivity index (χ4v) is 2.78. The Hall–Kier alpha value is -2.63. The first kappa shape index (κ1) is 16.2. The van der Waals surface area contributed by atoms with Crippen molar-refractivity contribution in [1.29, 1.82) is 0 Å². The van der Waals surface area contributed by atoms with E-state index in [1.54, 1.807) is 6.92 Å². The molecule has 1 N–H and O–H groups in total. The van der Waals surface area contributed by atoms with Gasteiger partial charge in [0.2, 0.25) is 0 Å². The van der Waals surface area contributed by atoms with Crippen molar-refractivity contribution < 1.29 is 9.32 Å². The van der Waals surface area contributed by atoms with Crippen molar-refractivity contribution in [3.63, 3.8) is 0 Å². The number of nitrogens with zero attached hydrogens (tertiary/aromatic N) is 3. The first-order valence-electron chi connectivity index (χ1n) is 8.23. The number of hydrogen-bond donors (Lipinski definition) is 1. The van der Waals surface area contributed by atoms with Crippen LogP contribution in [-0.2, 0) is 6.42 Å². The molecule has 0 radical (unpaired) electrons. The first-order valence-corrected chi connectivity index (χ1v) is 8.23. The van der Waals surface area contributed by atoms with E-state index in [2.05, 4.69) is 19.9 Å². The molecule has 6 heteroatoms. The summed E-state index contributed by atoms with van der Waals surface area (Å²) in [6, 6.07) is 6.01. The zero-order valence-corrected chi connectivity index (χ0v) is 14.2. The molecular weight excluding hydrogens is 304 g/mol. The minimum Gasteiger partial charge on any atom is -0.360 e. The maximum absolute atomic E-state index is 12.4.